The van der Waals surface area contributed by atoms with Crippen molar-refractivity contribution in [3.63, 3.8) is 0 Å². The summed E-state index contributed by atoms with van der Waals surface area (Å²) < 4.78 is 0. The van der Waals surface area contributed by atoms with E-state index in [1.54, 1.807) is 6.08 Å². The van der Waals surface area contributed by atoms with E-state index in [0.29, 0.717) is 5.70 Å². The van der Waals surface area contributed by atoms with Crippen molar-refractivity contribution >= 4 is 5.91 Å². The van der Waals surface area contributed by atoms with E-state index in [0.717, 1.165) is 6.42 Å². The van der Waals surface area contributed by atoms with Crippen LogP contribution in [0, 0.1) is 0 Å². The first-order chi connectivity index (χ1) is 5.57. The summed E-state index contributed by atoms with van der Waals surface area (Å²) in [7, 11) is 0. The van der Waals surface area contributed by atoms with Crippen LogP contribution in [0.5, 0.6) is 0 Å². The molecule has 0 aliphatic carbocycles. The molecule has 3 nitrogen and oxygen atoms in total. The lowest BCUT2D eigenvalue weighted by Crippen LogP contribution is -2.19. The first-order valence-corrected chi connectivity index (χ1v) is 3.92. The molecule has 12 heavy (non-hydrogen) atoms. The minimum Gasteiger partial charge on any atom is -0.510 e. The lowest BCUT2D eigenvalue weighted by atomic mass is 10.3. The average molecular weight is 169 g/mol. The van der Waals surface area contributed by atoms with Crippen molar-refractivity contribution in [3.05, 3.63) is 23.6 Å². The molecular weight excluding hydrogens is 154 g/mol. The van der Waals surface area contributed by atoms with Gasteiger partial charge in [-0.1, -0.05) is 13.0 Å². The van der Waals surface area contributed by atoms with Gasteiger partial charge < -0.3 is 10.4 Å². The monoisotopic (exact) mass is 169 g/mol. The van der Waals surface area contributed by atoms with Crippen molar-refractivity contribution in [3.8, 4) is 0 Å². The highest BCUT2D eigenvalue weighted by Gasteiger charge is 1.98. The average Bonchev–Trinajstić information content (AvgIpc) is 1.96. The summed E-state index contributed by atoms with van der Waals surface area (Å²) in [5.41, 5.74) is 0.462. The second-order valence-corrected chi connectivity index (χ2v) is 2.49. The normalized spacial score (nSPS) is 12.9. The standard InChI is InChI=1S/C9H15NO2/c1-4-5-6-9(7(2)11)10-8(3)12/h5-6,11H,4H2,1-3H3,(H,10,12)/b6-5-,9-7-. The maximum Gasteiger partial charge on any atom is 0.221 e. The number of allylic oxidation sites excluding steroid dienone is 3. The molecule has 0 atom stereocenters. The van der Waals surface area contributed by atoms with E-state index in [2.05, 4.69) is 5.32 Å². The van der Waals surface area contributed by atoms with Crippen LogP contribution in [0.15, 0.2) is 23.6 Å². The molecule has 0 saturated heterocycles. The second kappa shape index (κ2) is 5.41. The third kappa shape index (κ3) is 4.55. The fraction of sp³-hybridized carbons (Fsp3) is 0.444. The molecule has 0 aromatic carbocycles. The summed E-state index contributed by atoms with van der Waals surface area (Å²) in [5, 5.41) is 11.6. The van der Waals surface area contributed by atoms with Crippen LogP contribution in [0.25, 0.3) is 0 Å². The van der Waals surface area contributed by atoms with Crippen molar-refractivity contribution in [2.75, 3.05) is 0 Å². The Hall–Kier alpha value is -1.25. The lowest BCUT2D eigenvalue weighted by Gasteiger charge is -2.03. The Bertz CT molecular complexity index is 213. The maximum atomic E-state index is 10.6. The van der Waals surface area contributed by atoms with Gasteiger partial charge >= 0.3 is 0 Å². The molecule has 1 amide bonds. The second-order valence-electron chi connectivity index (χ2n) is 2.49. The number of carbonyl (C=O) groups is 1. The van der Waals surface area contributed by atoms with Gasteiger partial charge in [-0.25, -0.2) is 0 Å². The molecule has 3 heteroatoms. The SMILES string of the molecule is CC/C=C\C(NC(C)=O)=C(/C)O. The van der Waals surface area contributed by atoms with Crippen LogP contribution >= 0.6 is 0 Å². The maximum absolute atomic E-state index is 10.6. The fourth-order valence-electron chi connectivity index (χ4n) is 0.678. The molecule has 0 aliphatic rings. The molecule has 0 rings (SSSR count). The van der Waals surface area contributed by atoms with E-state index < -0.39 is 0 Å². The number of nitrogens with one attached hydrogen (secondary N) is 1. The van der Waals surface area contributed by atoms with Gasteiger partial charge in [0.25, 0.3) is 0 Å². The van der Waals surface area contributed by atoms with Gasteiger partial charge in [0.15, 0.2) is 0 Å². The van der Waals surface area contributed by atoms with Crippen LogP contribution in [0.2, 0.25) is 0 Å². The highest BCUT2D eigenvalue weighted by Crippen LogP contribution is 1.99. The predicted octanol–water partition coefficient (Wildman–Crippen LogP) is 1.88. The molecule has 0 aromatic heterocycles. The summed E-state index contributed by atoms with van der Waals surface area (Å²) in [5.74, 6) is -0.0611. The van der Waals surface area contributed by atoms with Crippen LogP contribution < -0.4 is 5.32 Å². The Labute approximate surface area is 72.8 Å². The Morgan fingerprint density at radius 1 is 1.50 bits per heavy atom. The molecule has 0 unspecified atom stereocenters. The largest absolute Gasteiger partial charge is 0.510 e. The van der Waals surface area contributed by atoms with Crippen LogP contribution in [0.3, 0.4) is 0 Å². The van der Waals surface area contributed by atoms with E-state index in [1.165, 1.54) is 13.8 Å². The van der Waals surface area contributed by atoms with Crippen LogP contribution in [-0.2, 0) is 4.79 Å². The summed E-state index contributed by atoms with van der Waals surface area (Å²) in [4.78, 5) is 10.6. The smallest absolute Gasteiger partial charge is 0.221 e. The number of carbonyl (C=O) groups excluding carboxylic acids is 1. The first-order valence-electron chi connectivity index (χ1n) is 3.92. The third-order valence-corrected chi connectivity index (χ3v) is 1.22. The molecule has 0 radical (unpaired) electrons. The van der Waals surface area contributed by atoms with Gasteiger partial charge in [0.1, 0.15) is 5.76 Å². The van der Waals surface area contributed by atoms with Crippen LogP contribution in [-0.4, -0.2) is 11.0 Å². The van der Waals surface area contributed by atoms with Crippen molar-refractivity contribution in [2.45, 2.75) is 27.2 Å². The van der Waals surface area contributed by atoms with Crippen molar-refractivity contribution in [1.82, 2.24) is 5.32 Å². The van der Waals surface area contributed by atoms with E-state index in [9.17, 15) is 4.79 Å². The number of aliphatic hydroxyl groups is 1. The molecule has 0 aromatic rings. The molecule has 0 bridgehead atoms. The van der Waals surface area contributed by atoms with Gasteiger partial charge in [-0.05, 0) is 19.4 Å². The van der Waals surface area contributed by atoms with Gasteiger partial charge in [0.2, 0.25) is 5.91 Å². The molecule has 2 N–H and O–H groups in total. The van der Waals surface area contributed by atoms with Gasteiger partial charge in [0, 0.05) is 6.92 Å². The van der Waals surface area contributed by atoms with Crippen LogP contribution in [0.1, 0.15) is 27.2 Å². The number of aliphatic hydroxyl groups excluding tert-OH is 1. The minimum atomic E-state index is -0.181. The number of amides is 1. The molecule has 0 fully saturated rings. The van der Waals surface area contributed by atoms with Crippen molar-refractivity contribution in [1.29, 1.82) is 0 Å². The predicted molar refractivity (Wildman–Crippen MR) is 48.6 cm³/mol. The fourth-order valence-corrected chi connectivity index (χ4v) is 0.678. The topological polar surface area (TPSA) is 49.3 Å². The minimum absolute atomic E-state index is 0.120. The molecule has 0 saturated carbocycles. The molecule has 0 aliphatic heterocycles. The van der Waals surface area contributed by atoms with E-state index in [4.69, 9.17) is 5.11 Å². The zero-order chi connectivity index (χ0) is 9.56. The van der Waals surface area contributed by atoms with E-state index >= 15 is 0 Å². The summed E-state index contributed by atoms with van der Waals surface area (Å²) in [6, 6.07) is 0. The number of hydrogen-bond donors (Lipinski definition) is 2. The molecular formula is C9H15NO2. The summed E-state index contributed by atoms with van der Waals surface area (Å²) in [6.07, 6.45) is 4.43. The third-order valence-electron chi connectivity index (χ3n) is 1.22. The Morgan fingerprint density at radius 2 is 2.08 bits per heavy atom. The van der Waals surface area contributed by atoms with Crippen molar-refractivity contribution < 1.29 is 9.90 Å². The summed E-state index contributed by atoms with van der Waals surface area (Å²) in [6.45, 7) is 4.92. The highest BCUT2D eigenvalue weighted by atomic mass is 16.3. The zero-order valence-electron chi connectivity index (χ0n) is 7.72. The van der Waals surface area contributed by atoms with E-state index in [1.807, 2.05) is 13.0 Å². The first kappa shape index (κ1) is 10.8. The van der Waals surface area contributed by atoms with E-state index in [-0.39, 0.29) is 11.7 Å². The van der Waals surface area contributed by atoms with Crippen LogP contribution in [0.4, 0.5) is 0 Å². The van der Waals surface area contributed by atoms with Gasteiger partial charge in [-0.2, -0.15) is 0 Å². The zero-order valence-corrected chi connectivity index (χ0v) is 7.72. The molecule has 0 spiro atoms. The highest BCUT2D eigenvalue weighted by molar-refractivity contribution is 5.75. The quantitative estimate of drug-likeness (QED) is 0.500. The van der Waals surface area contributed by atoms with Gasteiger partial charge in [-0.15, -0.1) is 0 Å². The Balaban J connectivity index is 4.37. The lowest BCUT2D eigenvalue weighted by molar-refractivity contribution is -0.118. The van der Waals surface area contributed by atoms with Gasteiger partial charge in [0.05, 0.1) is 5.70 Å². The molecule has 0 heterocycles. The van der Waals surface area contributed by atoms with Gasteiger partial charge in [-0.3, -0.25) is 4.79 Å². The van der Waals surface area contributed by atoms with Crippen molar-refractivity contribution in [2.24, 2.45) is 0 Å². The number of hydrogen-bond acceptors (Lipinski definition) is 2. The number of rotatable bonds is 3. The molecule has 68 valence electrons. The summed E-state index contributed by atoms with van der Waals surface area (Å²) >= 11 is 0. The Kier molecular flexibility index (Phi) is 4.84. The Morgan fingerprint density at radius 3 is 2.42 bits per heavy atom.